The van der Waals surface area contributed by atoms with Gasteiger partial charge in [0.15, 0.2) is 6.20 Å². The topological polar surface area (TPSA) is 115 Å². The first-order chi connectivity index (χ1) is 9.08. The van der Waals surface area contributed by atoms with Crippen molar-refractivity contribution >= 4 is 17.5 Å². The smallest absolute Gasteiger partial charge is 0.364 e. The van der Waals surface area contributed by atoms with Crippen LogP contribution in [0.15, 0.2) is 12.3 Å². The van der Waals surface area contributed by atoms with Crippen molar-refractivity contribution < 1.29 is 19.6 Å². The van der Waals surface area contributed by atoms with E-state index in [9.17, 15) is 14.9 Å². The minimum Gasteiger partial charge on any atom is -0.478 e. The van der Waals surface area contributed by atoms with Crippen LogP contribution in [0.25, 0.3) is 0 Å². The zero-order valence-corrected chi connectivity index (χ0v) is 10.0. The van der Waals surface area contributed by atoms with E-state index >= 15 is 0 Å². The van der Waals surface area contributed by atoms with Crippen LogP contribution in [-0.2, 0) is 4.74 Å². The van der Waals surface area contributed by atoms with E-state index in [1.165, 1.54) is 0 Å². The molecule has 0 saturated carbocycles. The van der Waals surface area contributed by atoms with Gasteiger partial charge in [-0.25, -0.2) is 4.79 Å². The molecule has 1 fully saturated rings. The lowest BCUT2D eigenvalue weighted by Crippen LogP contribution is -2.20. The second kappa shape index (κ2) is 5.61. The Kier molecular flexibility index (Phi) is 3.91. The molecule has 2 N–H and O–H groups in total. The number of anilines is 1. The van der Waals surface area contributed by atoms with Crippen molar-refractivity contribution in [3.63, 3.8) is 0 Å². The molecule has 1 aliphatic heterocycles. The Hall–Kier alpha value is -2.22. The van der Waals surface area contributed by atoms with Gasteiger partial charge in [-0.15, -0.1) is 0 Å². The van der Waals surface area contributed by atoms with E-state index in [1.54, 1.807) is 0 Å². The highest BCUT2D eigenvalue weighted by atomic mass is 16.6. The molecule has 0 radical (unpaired) electrons. The third-order valence-electron chi connectivity index (χ3n) is 2.85. The van der Waals surface area contributed by atoms with E-state index in [4.69, 9.17) is 9.84 Å². The van der Waals surface area contributed by atoms with E-state index in [1.807, 2.05) is 0 Å². The number of aromatic carboxylic acids is 1. The zero-order valence-electron chi connectivity index (χ0n) is 10.0. The Balaban J connectivity index is 2.14. The molecule has 2 heterocycles. The third kappa shape index (κ3) is 3.16. The molecule has 1 aromatic rings. The second-order valence-electron chi connectivity index (χ2n) is 4.17. The highest BCUT2D eigenvalue weighted by molar-refractivity contribution is 5.94. The summed E-state index contributed by atoms with van der Waals surface area (Å²) in [5.41, 5.74) is 0.0910. The molecule has 1 atom stereocenters. The number of nitrogens with one attached hydrogen (secondary N) is 1. The molecule has 1 aliphatic rings. The van der Waals surface area contributed by atoms with Gasteiger partial charge in [0.25, 0.3) is 0 Å². The minimum atomic E-state index is -1.24. The monoisotopic (exact) mass is 267 g/mol. The van der Waals surface area contributed by atoms with E-state index < -0.39 is 16.7 Å². The summed E-state index contributed by atoms with van der Waals surface area (Å²) in [5.74, 6) is -1.72. The standard InChI is InChI=1S/C11H13N3O5/c15-11(16)8-4-10(14(17)18)13-6-9(8)12-5-7-2-1-3-19-7/h4,6-7,12H,1-3,5H2,(H,15,16). The molecule has 8 nitrogen and oxygen atoms in total. The van der Waals surface area contributed by atoms with Crippen molar-refractivity contribution in [2.45, 2.75) is 18.9 Å². The quantitative estimate of drug-likeness (QED) is 0.609. The maximum Gasteiger partial charge on any atom is 0.364 e. The van der Waals surface area contributed by atoms with Gasteiger partial charge in [-0.1, -0.05) is 0 Å². The zero-order chi connectivity index (χ0) is 13.8. The van der Waals surface area contributed by atoms with Gasteiger partial charge < -0.3 is 25.3 Å². The van der Waals surface area contributed by atoms with Crippen molar-refractivity contribution in [3.8, 4) is 0 Å². The summed E-state index contributed by atoms with van der Waals surface area (Å²) in [6.45, 7) is 1.16. The van der Waals surface area contributed by atoms with E-state index in [0.717, 1.165) is 25.1 Å². The predicted octanol–water partition coefficient (Wildman–Crippen LogP) is 1.28. The molecule has 1 saturated heterocycles. The lowest BCUT2D eigenvalue weighted by molar-refractivity contribution is -0.389. The molecule has 19 heavy (non-hydrogen) atoms. The Morgan fingerprint density at radius 3 is 3.05 bits per heavy atom. The fourth-order valence-electron chi connectivity index (χ4n) is 1.89. The molecule has 0 bridgehead atoms. The Morgan fingerprint density at radius 1 is 1.68 bits per heavy atom. The highest BCUT2D eigenvalue weighted by Gasteiger charge is 2.20. The summed E-state index contributed by atoms with van der Waals surface area (Å²) < 4.78 is 5.40. The number of pyridine rings is 1. The van der Waals surface area contributed by atoms with Crippen molar-refractivity contribution in [1.29, 1.82) is 0 Å². The number of ether oxygens (including phenoxy) is 1. The SMILES string of the molecule is O=C(O)c1cc([N+](=O)[O-])ncc1NCC1CCCO1. The molecule has 0 aromatic carbocycles. The molecule has 8 heteroatoms. The average molecular weight is 267 g/mol. The maximum absolute atomic E-state index is 11.1. The van der Waals surface area contributed by atoms with Crippen LogP contribution >= 0.6 is 0 Å². The van der Waals surface area contributed by atoms with Crippen LogP contribution in [0.4, 0.5) is 11.5 Å². The van der Waals surface area contributed by atoms with Crippen LogP contribution in [0.5, 0.6) is 0 Å². The Labute approximate surface area is 108 Å². The van der Waals surface area contributed by atoms with Gasteiger partial charge in [0.05, 0.1) is 23.4 Å². The molecule has 2 rings (SSSR count). The summed E-state index contributed by atoms with van der Waals surface area (Å²) in [6, 6.07) is 0.945. The summed E-state index contributed by atoms with van der Waals surface area (Å²) in [5, 5.41) is 22.5. The number of aromatic nitrogens is 1. The van der Waals surface area contributed by atoms with Crippen LogP contribution in [-0.4, -0.2) is 40.2 Å². The number of nitrogens with zero attached hydrogens (tertiary/aromatic N) is 2. The van der Waals surface area contributed by atoms with Gasteiger partial charge in [-0.2, -0.15) is 0 Å². The summed E-state index contributed by atoms with van der Waals surface area (Å²) in [4.78, 5) is 24.5. The largest absolute Gasteiger partial charge is 0.478 e. The number of carbonyl (C=O) groups is 1. The predicted molar refractivity (Wildman–Crippen MR) is 65.3 cm³/mol. The first-order valence-corrected chi connectivity index (χ1v) is 5.81. The molecular weight excluding hydrogens is 254 g/mol. The van der Waals surface area contributed by atoms with Crippen molar-refractivity contribution in [3.05, 3.63) is 27.9 Å². The number of hydrogen-bond donors (Lipinski definition) is 2. The van der Waals surface area contributed by atoms with Crippen molar-refractivity contribution in [2.75, 3.05) is 18.5 Å². The van der Waals surface area contributed by atoms with Crippen molar-refractivity contribution in [2.24, 2.45) is 0 Å². The van der Waals surface area contributed by atoms with Crippen molar-refractivity contribution in [1.82, 2.24) is 4.98 Å². The molecule has 0 aliphatic carbocycles. The van der Waals surface area contributed by atoms with Crippen LogP contribution in [0, 0.1) is 10.1 Å². The van der Waals surface area contributed by atoms with Gasteiger partial charge >= 0.3 is 11.8 Å². The summed E-state index contributed by atoms with van der Waals surface area (Å²) >= 11 is 0. The van der Waals surface area contributed by atoms with Gasteiger partial charge in [-0.05, 0) is 22.7 Å². The molecule has 1 unspecified atom stereocenters. The van der Waals surface area contributed by atoms with Gasteiger partial charge in [0, 0.05) is 13.2 Å². The molecule has 0 amide bonds. The molecule has 1 aromatic heterocycles. The number of nitro groups is 1. The van der Waals surface area contributed by atoms with Crippen LogP contribution in [0.1, 0.15) is 23.2 Å². The lowest BCUT2D eigenvalue weighted by atomic mass is 10.2. The number of rotatable bonds is 5. The summed E-state index contributed by atoms with van der Waals surface area (Å²) in [7, 11) is 0. The molecule has 102 valence electrons. The average Bonchev–Trinajstić information content (AvgIpc) is 2.89. The second-order valence-corrected chi connectivity index (χ2v) is 4.17. The van der Waals surface area contributed by atoms with Crippen LogP contribution < -0.4 is 5.32 Å². The van der Waals surface area contributed by atoms with Gasteiger partial charge in [0.2, 0.25) is 0 Å². The van der Waals surface area contributed by atoms with E-state index in [-0.39, 0.29) is 17.4 Å². The minimum absolute atomic E-state index is 0.0387. The van der Waals surface area contributed by atoms with Gasteiger partial charge in [-0.3, -0.25) is 0 Å². The van der Waals surface area contributed by atoms with Crippen LogP contribution in [0.3, 0.4) is 0 Å². The maximum atomic E-state index is 11.1. The first-order valence-electron chi connectivity index (χ1n) is 5.81. The number of carboxylic acid groups (broad SMARTS) is 1. The molecular formula is C11H13N3O5. The highest BCUT2D eigenvalue weighted by Crippen LogP contribution is 2.20. The summed E-state index contributed by atoms with van der Waals surface area (Å²) in [6.07, 6.45) is 3.10. The fraction of sp³-hybridized carbons (Fsp3) is 0.455. The fourth-order valence-corrected chi connectivity index (χ4v) is 1.89. The molecule has 0 spiro atoms. The van der Waals surface area contributed by atoms with Crippen LogP contribution in [0.2, 0.25) is 0 Å². The normalized spacial score (nSPS) is 18.2. The van der Waals surface area contributed by atoms with E-state index in [0.29, 0.717) is 13.2 Å². The lowest BCUT2D eigenvalue weighted by Gasteiger charge is -2.12. The number of hydrogen-bond acceptors (Lipinski definition) is 6. The Bertz CT molecular complexity index is 499. The van der Waals surface area contributed by atoms with E-state index in [2.05, 4.69) is 10.3 Å². The Morgan fingerprint density at radius 2 is 2.47 bits per heavy atom. The number of carboxylic acids is 1. The third-order valence-corrected chi connectivity index (χ3v) is 2.85. The first kappa shape index (κ1) is 13.2. The van der Waals surface area contributed by atoms with Gasteiger partial charge in [0.1, 0.15) is 0 Å².